The highest BCUT2D eigenvalue weighted by molar-refractivity contribution is 6.30. The molecular formula is C24H20ClFN2O. The van der Waals surface area contributed by atoms with Gasteiger partial charge in [-0.2, -0.15) is 0 Å². The third kappa shape index (κ3) is 4.44. The number of aryl methyl sites for hydroxylation is 2. The Kier molecular flexibility index (Phi) is 5.84. The Morgan fingerprint density at radius 3 is 2.38 bits per heavy atom. The van der Waals surface area contributed by atoms with Crippen LogP contribution in [0.25, 0.3) is 22.2 Å². The van der Waals surface area contributed by atoms with Gasteiger partial charge in [-0.3, -0.25) is 0 Å². The molecule has 5 heteroatoms. The molecule has 0 unspecified atom stereocenters. The Morgan fingerprint density at radius 2 is 1.66 bits per heavy atom. The Bertz CT molecular complexity index is 1130. The number of aromatic nitrogens is 2. The fourth-order valence-corrected chi connectivity index (χ4v) is 3.47. The molecule has 4 aromatic rings. The van der Waals surface area contributed by atoms with E-state index in [2.05, 4.69) is 9.97 Å². The van der Waals surface area contributed by atoms with Crippen molar-refractivity contribution in [2.75, 3.05) is 7.11 Å². The molecule has 0 amide bonds. The highest BCUT2D eigenvalue weighted by Crippen LogP contribution is 2.26. The van der Waals surface area contributed by atoms with Gasteiger partial charge in [0.15, 0.2) is 5.82 Å². The first-order valence-corrected chi connectivity index (χ1v) is 9.77. The Balaban J connectivity index is 1.57. The van der Waals surface area contributed by atoms with E-state index in [-0.39, 0.29) is 5.82 Å². The quantitative estimate of drug-likeness (QED) is 0.392. The number of rotatable bonds is 6. The van der Waals surface area contributed by atoms with Crippen LogP contribution >= 0.6 is 11.6 Å². The van der Waals surface area contributed by atoms with Crippen LogP contribution in [-0.2, 0) is 24.2 Å². The number of benzene rings is 3. The normalized spacial score (nSPS) is 11.1. The maximum Gasteiger partial charge on any atom is 0.159 e. The largest absolute Gasteiger partial charge is 0.380 e. The van der Waals surface area contributed by atoms with Gasteiger partial charge in [-0.1, -0.05) is 48.0 Å². The predicted octanol–water partition coefficient (Wildman–Crippen LogP) is 6.02. The van der Waals surface area contributed by atoms with Crippen molar-refractivity contribution in [3.05, 3.63) is 94.5 Å². The van der Waals surface area contributed by atoms with E-state index in [0.717, 1.165) is 28.5 Å². The molecule has 146 valence electrons. The van der Waals surface area contributed by atoms with Crippen molar-refractivity contribution in [1.29, 1.82) is 0 Å². The van der Waals surface area contributed by atoms with E-state index in [1.165, 1.54) is 0 Å². The SMILES string of the molecule is COCc1cnc(-c2ccc3c(F)c(CCc4ccc(Cl)cc4)ccc3c2)nc1. The summed E-state index contributed by atoms with van der Waals surface area (Å²) in [7, 11) is 1.63. The highest BCUT2D eigenvalue weighted by Gasteiger charge is 2.10. The molecule has 3 aromatic carbocycles. The zero-order valence-corrected chi connectivity index (χ0v) is 16.8. The van der Waals surface area contributed by atoms with Crippen LogP contribution in [0, 0.1) is 5.82 Å². The lowest BCUT2D eigenvalue weighted by molar-refractivity contribution is 0.184. The Hall–Kier alpha value is -2.82. The fourth-order valence-electron chi connectivity index (χ4n) is 3.34. The van der Waals surface area contributed by atoms with Crippen LogP contribution in [0.1, 0.15) is 16.7 Å². The van der Waals surface area contributed by atoms with Crippen molar-refractivity contribution in [1.82, 2.24) is 9.97 Å². The topological polar surface area (TPSA) is 35.0 Å². The number of halogens is 2. The molecule has 1 heterocycles. The molecule has 0 bridgehead atoms. The number of nitrogens with zero attached hydrogens (tertiary/aromatic N) is 2. The molecule has 0 radical (unpaired) electrons. The van der Waals surface area contributed by atoms with Crippen LogP contribution in [0.3, 0.4) is 0 Å². The van der Waals surface area contributed by atoms with Crippen LogP contribution in [0.4, 0.5) is 4.39 Å². The number of hydrogen-bond acceptors (Lipinski definition) is 3. The van der Waals surface area contributed by atoms with E-state index in [1.54, 1.807) is 25.6 Å². The van der Waals surface area contributed by atoms with E-state index in [9.17, 15) is 0 Å². The lowest BCUT2D eigenvalue weighted by Gasteiger charge is -2.09. The first kappa shape index (κ1) is 19.5. The zero-order valence-electron chi connectivity index (χ0n) is 16.0. The molecule has 0 saturated carbocycles. The molecule has 29 heavy (non-hydrogen) atoms. The molecule has 1 aromatic heterocycles. The van der Waals surface area contributed by atoms with E-state index in [0.29, 0.717) is 34.8 Å². The second-order valence-corrected chi connectivity index (χ2v) is 7.39. The summed E-state index contributed by atoms with van der Waals surface area (Å²) in [5.41, 5.74) is 3.61. The lowest BCUT2D eigenvalue weighted by atomic mass is 9.99. The van der Waals surface area contributed by atoms with E-state index in [4.69, 9.17) is 16.3 Å². The number of fused-ring (bicyclic) bond motifs is 1. The van der Waals surface area contributed by atoms with Crippen LogP contribution in [-0.4, -0.2) is 17.1 Å². The summed E-state index contributed by atoms with van der Waals surface area (Å²) in [6.07, 6.45) is 4.89. The summed E-state index contributed by atoms with van der Waals surface area (Å²) in [6, 6.07) is 17.1. The predicted molar refractivity (Wildman–Crippen MR) is 115 cm³/mol. The number of ether oxygens (including phenoxy) is 1. The zero-order chi connectivity index (χ0) is 20.2. The second kappa shape index (κ2) is 8.68. The van der Waals surface area contributed by atoms with Crippen LogP contribution in [0.15, 0.2) is 67.0 Å². The van der Waals surface area contributed by atoms with Gasteiger partial charge in [0.05, 0.1) is 6.61 Å². The van der Waals surface area contributed by atoms with Crippen molar-refractivity contribution in [3.63, 3.8) is 0 Å². The van der Waals surface area contributed by atoms with Crippen molar-refractivity contribution in [2.45, 2.75) is 19.4 Å². The summed E-state index contributed by atoms with van der Waals surface area (Å²) < 4.78 is 20.1. The average Bonchev–Trinajstić information content (AvgIpc) is 2.75. The molecule has 0 aliphatic heterocycles. The van der Waals surface area contributed by atoms with E-state index in [1.807, 2.05) is 48.5 Å². The van der Waals surface area contributed by atoms with Crippen LogP contribution < -0.4 is 0 Å². The van der Waals surface area contributed by atoms with Gasteiger partial charge in [0.2, 0.25) is 0 Å². The number of hydrogen-bond donors (Lipinski definition) is 0. The van der Waals surface area contributed by atoms with Gasteiger partial charge in [0, 0.05) is 41.0 Å². The maximum atomic E-state index is 15.0. The Labute approximate surface area is 174 Å². The number of methoxy groups -OCH3 is 1. The van der Waals surface area contributed by atoms with Crippen molar-refractivity contribution >= 4 is 22.4 Å². The van der Waals surface area contributed by atoms with Crippen LogP contribution in [0.2, 0.25) is 5.02 Å². The molecule has 0 fully saturated rings. The molecule has 0 saturated heterocycles. The van der Waals surface area contributed by atoms with Gasteiger partial charge < -0.3 is 4.74 Å². The molecule has 0 atom stereocenters. The van der Waals surface area contributed by atoms with Crippen molar-refractivity contribution in [2.24, 2.45) is 0 Å². The summed E-state index contributed by atoms with van der Waals surface area (Å²) in [4.78, 5) is 8.78. The first-order chi connectivity index (χ1) is 14.1. The van der Waals surface area contributed by atoms with Gasteiger partial charge in [-0.15, -0.1) is 0 Å². The minimum Gasteiger partial charge on any atom is -0.380 e. The third-order valence-electron chi connectivity index (χ3n) is 4.90. The summed E-state index contributed by atoms with van der Waals surface area (Å²) in [5, 5.41) is 2.15. The molecule has 4 rings (SSSR count). The van der Waals surface area contributed by atoms with Crippen molar-refractivity contribution < 1.29 is 9.13 Å². The molecule has 0 N–H and O–H groups in total. The molecule has 0 spiro atoms. The van der Waals surface area contributed by atoms with Gasteiger partial charge in [0.1, 0.15) is 5.82 Å². The highest BCUT2D eigenvalue weighted by atomic mass is 35.5. The minimum atomic E-state index is -0.167. The summed E-state index contributed by atoms with van der Waals surface area (Å²) >= 11 is 5.92. The summed E-state index contributed by atoms with van der Waals surface area (Å²) in [6.45, 7) is 0.474. The van der Waals surface area contributed by atoms with Crippen molar-refractivity contribution in [3.8, 4) is 11.4 Å². The van der Waals surface area contributed by atoms with E-state index < -0.39 is 0 Å². The molecule has 3 nitrogen and oxygen atoms in total. The smallest absolute Gasteiger partial charge is 0.159 e. The van der Waals surface area contributed by atoms with E-state index >= 15 is 4.39 Å². The average molecular weight is 407 g/mol. The second-order valence-electron chi connectivity index (χ2n) is 6.95. The molecule has 0 aliphatic rings. The monoisotopic (exact) mass is 406 g/mol. The van der Waals surface area contributed by atoms with Gasteiger partial charge in [-0.25, -0.2) is 14.4 Å². The van der Waals surface area contributed by atoms with Gasteiger partial charge >= 0.3 is 0 Å². The third-order valence-corrected chi connectivity index (χ3v) is 5.16. The van der Waals surface area contributed by atoms with Crippen LogP contribution in [0.5, 0.6) is 0 Å². The lowest BCUT2D eigenvalue weighted by Crippen LogP contribution is -1.97. The standard InChI is InChI=1S/C24H20ClFN2O/c1-29-15-17-13-27-24(28-14-17)20-8-11-22-19(12-20)7-6-18(23(22)26)5-2-16-3-9-21(25)10-4-16/h3-4,6-14H,2,5,15H2,1H3. The fraction of sp³-hybridized carbons (Fsp3) is 0.167. The first-order valence-electron chi connectivity index (χ1n) is 9.40. The maximum absolute atomic E-state index is 15.0. The van der Waals surface area contributed by atoms with Gasteiger partial charge in [-0.05, 0) is 47.6 Å². The van der Waals surface area contributed by atoms with Gasteiger partial charge in [0.25, 0.3) is 0 Å². The summed E-state index contributed by atoms with van der Waals surface area (Å²) in [5.74, 6) is 0.443. The molecule has 0 aliphatic carbocycles. The Morgan fingerprint density at radius 1 is 0.897 bits per heavy atom. The minimum absolute atomic E-state index is 0.167. The molecular weight excluding hydrogens is 387 g/mol.